The number of rotatable bonds is 6. The normalized spacial score (nSPS) is 18.1. The molecular weight excluding hydrogens is 501 g/mol. The maximum Gasteiger partial charge on any atom is 0.573 e. The van der Waals surface area contributed by atoms with Crippen LogP contribution in [-0.4, -0.2) is 6.36 Å². The third-order valence-electron chi connectivity index (χ3n) is 6.85. The average Bonchev–Trinajstić information content (AvgIpc) is 2.84. The second-order valence-electron chi connectivity index (χ2n) is 9.27. The van der Waals surface area contributed by atoms with Crippen LogP contribution in [0.3, 0.4) is 0 Å². The van der Waals surface area contributed by atoms with Gasteiger partial charge in [0, 0.05) is 11.1 Å². The summed E-state index contributed by atoms with van der Waals surface area (Å²) in [5, 5.41) is 0. The molecular formula is C28H25F7O2. The van der Waals surface area contributed by atoms with E-state index in [2.05, 4.69) is 11.7 Å². The van der Waals surface area contributed by atoms with Gasteiger partial charge in [0.1, 0.15) is 11.6 Å². The van der Waals surface area contributed by atoms with Crippen molar-refractivity contribution in [1.82, 2.24) is 0 Å². The predicted octanol–water partition coefficient (Wildman–Crippen LogP) is 9.59. The van der Waals surface area contributed by atoms with Crippen LogP contribution in [0.25, 0.3) is 11.1 Å². The molecule has 37 heavy (non-hydrogen) atoms. The Labute approximate surface area is 210 Å². The van der Waals surface area contributed by atoms with E-state index in [0.29, 0.717) is 30.9 Å². The van der Waals surface area contributed by atoms with Crippen molar-refractivity contribution in [3.8, 4) is 28.4 Å². The van der Waals surface area contributed by atoms with Gasteiger partial charge in [-0.15, -0.1) is 13.2 Å². The lowest BCUT2D eigenvalue weighted by molar-refractivity contribution is -0.276. The monoisotopic (exact) mass is 526 g/mol. The fourth-order valence-electron chi connectivity index (χ4n) is 4.93. The van der Waals surface area contributed by atoms with Gasteiger partial charge in [-0.3, -0.25) is 0 Å². The molecule has 1 aliphatic carbocycles. The Morgan fingerprint density at radius 1 is 0.838 bits per heavy atom. The summed E-state index contributed by atoms with van der Waals surface area (Å²) >= 11 is 0. The van der Waals surface area contributed by atoms with Crippen molar-refractivity contribution in [2.75, 3.05) is 0 Å². The van der Waals surface area contributed by atoms with Gasteiger partial charge in [0.2, 0.25) is 5.75 Å². The number of benzene rings is 3. The molecule has 3 aromatic rings. The molecule has 0 bridgehead atoms. The molecule has 0 heterocycles. The van der Waals surface area contributed by atoms with E-state index in [1.807, 2.05) is 0 Å². The van der Waals surface area contributed by atoms with Crippen molar-refractivity contribution >= 4 is 0 Å². The van der Waals surface area contributed by atoms with Crippen LogP contribution in [0.4, 0.5) is 30.7 Å². The van der Waals surface area contributed by atoms with Gasteiger partial charge in [-0.05, 0) is 79.8 Å². The number of hydrogen-bond donors (Lipinski definition) is 0. The first kappa shape index (κ1) is 26.8. The quantitative estimate of drug-likeness (QED) is 0.298. The minimum absolute atomic E-state index is 0.0139. The molecule has 198 valence electrons. The van der Waals surface area contributed by atoms with Crippen molar-refractivity contribution < 1.29 is 40.2 Å². The van der Waals surface area contributed by atoms with Crippen LogP contribution >= 0.6 is 0 Å². The van der Waals surface area contributed by atoms with Crippen molar-refractivity contribution in [2.45, 2.75) is 58.2 Å². The van der Waals surface area contributed by atoms with Crippen molar-refractivity contribution in [2.24, 2.45) is 5.92 Å². The molecule has 1 aliphatic rings. The molecule has 0 amide bonds. The minimum Gasteiger partial charge on any atom is -0.453 e. The van der Waals surface area contributed by atoms with Crippen molar-refractivity contribution in [1.29, 1.82) is 0 Å². The zero-order valence-electron chi connectivity index (χ0n) is 20.2. The number of hydrogen-bond acceptors (Lipinski definition) is 2. The standard InChI is InChI=1S/C28H25F7O2/c1-3-16-8-10-17(11-9-16)24-20(29)12-15(2)26(25(24)32)36-23-7-5-4-6-19(23)18-13-21(30)27(22(31)14-18)37-28(33,34)35/h4-7,12-14,16-17H,3,8-11H2,1-2H3/t16-,17-. The molecule has 0 atom stereocenters. The summed E-state index contributed by atoms with van der Waals surface area (Å²) in [5.41, 5.74) is 0.0749. The average molecular weight is 526 g/mol. The van der Waals surface area contributed by atoms with Gasteiger partial charge in [-0.1, -0.05) is 31.5 Å². The van der Waals surface area contributed by atoms with E-state index in [-0.39, 0.29) is 39.7 Å². The van der Waals surface area contributed by atoms with Gasteiger partial charge in [-0.25, -0.2) is 17.6 Å². The van der Waals surface area contributed by atoms with Crippen LogP contribution in [0.1, 0.15) is 56.1 Å². The smallest absolute Gasteiger partial charge is 0.453 e. The van der Waals surface area contributed by atoms with E-state index < -0.39 is 35.4 Å². The second-order valence-corrected chi connectivity index (χ2v) is 9.27. The largest absolute Gasteiger partial charge is 0.573 e. The molecule has 0 aromatic heterocycles. The summed E-state index contributed by atoms with van der Waals surface area (Å²) in [5.74, 6) is -6.22. The maximum atomic E-state index is 15.7. The third kappa shape index (κ3) is 5.86. The van der Waals surface area contributed by atoms with Crippen LogP contribution in [-0.2, 0) is 0 Å². The van der Waals surface area contributed by atoms with E-state index in [4.69, 9.17) is 4.74 Å². The molecule has 4 rings (SSSR count). The van der Waals surface area contributed by atoms with Gasteiger partial charge in [0.25, 0.3) is 0 Å². The van der Waals surface area contributed by atoms with E-state index in [1.165, 1.54) is 37.3 Å². The Balaban J connectivity index is 1.70. The number of halogens is 7. The highest BCUT2D eigenvalue weighted by molar-refractivity contribution is 5.72. The number of ether oxygens (including phenoxy) is 2. The molecule has 0 saturated heterocycles. The Bertz CT molecular complexity index is 1260. The van der Waals surface area contributed by atoms with Gasteiger partial charge in [-0.2, -0.15) is 0 Å². The molecule has 0 aliphatic heterocycles. The van der Waals surface area contributed by atoms with Crippen LogP contribution in [0, 0.1) is 36.1 Å². The Kier molecular flexibility index (Phi) is 7.71. The summed E-state index contributed by atoms with van der Waals surface area (Å²) in [6.45, 7) is 3.57. The van der Waals surface area contributed by atoms with Crippen molar-refractivity contribution in [3.05, 3.63) is 76.9 Å². The lowest BCUT2D eigenvalue weighted by Gasteiger charge is -2.29. The van der Waals surface area contributed by atoms with Crippen LogP contribution < -0.4 is 9.47 Å². The van der Waals surface area contributed by atoms with E-state index >= 15 is 4.39 Å². The fraction of sp³-hybridized carbons (Fsp3) is 0.357. The van der Waals surface area contributed by atoms with Gasteiger partial charge in [0.15, 0.2) is 23.2 Å². The molecule has 1 fully saturated rings. The molecule has 2 nitrogen and oxygen atoms in total. The van der Waals surface area contributed by atoms with Crippen molar-refractivity contribution in [3.63, 3.8) is 0 Å². The fourth-order valence-corrected chi connectivity index (χ4v) is 4.93. The Hall–Kier alpha value is -3.23. The maximum absolute atomic E-state index is 15.7. The molecule has 0 N–H and O–H groups in total. The minimum atomic E-state index is -5.28. The summed E-state index contributed by atoms with van der Waals surface area (Å²) < 4.78 is 106. The molecule has 0 spiro atoms. The zero-order valence-corrected chi connectivity index (χ0v) is 20.2. The van der Waals surface area contributed by atoms with Crippen LogP contribution in [0.2, 0.25) is 0 Å². The Morgan fingerprint density at radius 3 is 2.05 bits per heavy atom. The highest BCUT2D eigenvalue weighted by atomic mass is 19.4. The topological polar surface area (TPSA) is 18.5 Å². The third-order valence-corrected chi connectivity index (χ3v) is 6.85. The summed E-state index contributed by atoms with van der Waals surface area (Å²) in [6, 6.07) is 8.41. The van der Waals surface area contributed by atoms with Gasteiger partial charge < -0.3 is 9.47 Å². The molecule has 9 heteroatoms. The number of alkyl halides is 3. The van der Waals surface area contributed by atoms with E-state index in [9.17, 15) is 26.3 Å². The Morgan fingerprint density at radius 2 is 1.46 bits per heavy atom. The summed E-state index contributed by atoms with van der Waals surface area (Å²) in [7, 11) is 0. The lowest BCUT2D eigenvalue weighted by atomic mass is 9.77. The highest BCUT2D eigenvalue weighted by Gasteiger charge is 2.34. The predicted molar refractivity (Wildman–Crippen MR) is 125 cm³/mol. The van der Waals surface area contributed by atoms with E-state index in [0.717, 1.165) is 19.3 Å². The molecule has 0 unspecified atom stereocenters. The van der Waals surface area contributed by atoms with E-state index in [1.54, 1.807) is 0 Å². The second kappa shape index (κ2) is 10.6. The first-order valence-electron chi connectivity index (χ1n) is 12.0. The number of para-hydroxylation sites is 1. The summed E-state index contributed by atoms with van der Waals surface area (Å²) in [4.78, 5) is 0. The van der Waals surface area contributed by atoms with Gasteiger partial charge in [0.05, 0.1) is 0 Å². The zero-order chi connectivity index (χ0) is 26.9. The molecule has 3 aromatic carbocycles. The lowest BCUT2D eigenvalue weighted by Crippen LogP contribution is -2.19. The number of aryl methyl sites for hydroxylation is 1. The highest BCUT2D eigenvalue weighted by Crippen LogP contribution is 2.44. The van der Waals surface area contributed by atoms with Gasteiger partial charge >= 0.3 is 6.36 Å². The summed E-state index contributed by atoms with van der Waals surface area (Å²) in [6.07, 6.45) is -1.22. The van der Waals surface area contributed by atoms with Crippen LogP contribution in [0.5, 0.6) is 17.2 Å². The van der Waals surface area contributed by atoms with Crippen LogP contribution in [0.15, 0.2) is 42.5 Å². The molecule has 0 radical (unpaired) electrons. The first-order chi connectivity index (χ1) is 17.5. The SMILES string of the molecule is CC[C@H]1CC[C@H](c2c(F)cc(C)c(Oc3ccccc3-c3cc(F)c(OC(F)(F)F)c(F)c3)c2F)CC1. The molecule has 1 saturated carbocycles. The first-order valence-corrected chi connectivity index (χ1v) is 12.0.